The third kappa shape index (κ3) is 2.19. The Bertz CT molecular complexity index is 287. The molecule has 0 saturated carbocycles. The quantitative estimate of drug-likeness (QED) is 0.628. The Morgan fingerprint density at radius 1 is 1.33 bits per heavy atom. The van der Waals surface area contributed by atoms with Crippen LogP contribution in [0.25, 0.3) is 6.08 Å². The van der Waals surface area contributed by atoms with Crippen molar-refractivity contribution in [2.75, 3.05) is 0 Å². The van der Waals surface area contributed by atoms with Gasteiger partial charge in [-0.25, -0.2) is 4.39 Å². The standard InChI is InChI=1S/C11H13F/c1-3-5-10-6-9(4-2)7-11(12)8-10/h3,5-8H,4H2,1-2H3. The number of hydrogen-bond donors (Lipinski definition) is 0. The van der Waals surface area contributed by atoms with Crippen LogP contribution in [0, 0.1) is 5.82 Å². The van der Waals surface area contributed by atoms with Crippen molar-refractivity contribution in [1.29, 1.82) is 0 Å². The highest BCUT2D eigenvalue weighted by molar-refractivity contribution is 5.50. The van der Waals surface area contributed by atoms with E-state index in [0.29, 0.717) is 0 Å². The Hall–Kier alpha value is -1.11. The van der Waals surface area contributed by atoms with E-state index in [1.54, 1.807) is 12.1 Å². The zero-order valence-corrected chi connectivity index (χ0v) is 7.47. The lowest BCUT2D eigenvalue weighted by atomic mass is 10.1. The topological polar surface area (TPSA) is 0 Å². The van der Waals surface area contributed by atoms with Crippen molar-refractivity contribution < 1.29 is 4.39 Å². The predicted octanol–water partition coefficient (Wildman–Crippen LogP) is 3.42. The van der Waals surface area contributed by atoms with Crippen LogP contribution in [0.3, 0.4) is 0 Å². The summed E-state index contributed by atoms with van der Waals surface area (Å²) in [6.45, 7) is 3.95. The van der Waals surface area contributed by atoms with Crippen LogP contribution in [0.2, 0.25) is 0 Å². The molecule has 1 rings (SSSR count). The van der Waals surface area contributed by atoms with E-state index in [4.69, 9.17) is 0 Å². The number of allylic oxidation sites excluding steroid dienone is 1. The smallest absolute Gasteiger partial charge is 0.124 e. The summed E-state index contributed by atoms with van der Waals surface area (Å²) in [5, 5.41) is 0. The first-order chi connectivity index (χ1) is 5.76. The van der Waals surface area contributed by atoms with Gasteiger partial charge in [-0.15, -0.1) is 0 Å². The first-order valence-electron chi connectivity index (χ1n) is 4.18. The van der Waals surface area contributed by atoms with Crippen molar-refractivity contribution in [2.24, 2.45) is 0 Å². The summed E-state index contributed by atoms with van der Waals surface area (Å²) in [5.74, 6) is -0.151. The Balaban J connectivity index is 3.06. The van der Waals surface area contributed by atoms with E-state index in [1.807, 2.05) is 32.1 Å². The molecule has 0 radical (unpaired) electrons. The summed E-state index contributed by atoms with van der Waals surface area (Å²) in [4.78, 5) is 0. The molecule has 64 valence electrons. The zero-order chi connectivity index (χ0) is 8.97. The van der Waals surface area contributed by atoms with E-state index in [0.717, 1.165) is 17.5 Å². The summed E-state index contributed by atoms with van der Waals surface area (Å²) in [6.07, 6.45) is 4.69. The molecule has 0 spiro atoms. The van der Waals surface area contributed by atoms with E-state index in [2.05, 4.69) is 0 Å². The van der Waals surface area contributed by atoms with Gasteiger partial charge in [0, 0.05) is 0 Å². The Morgan fingerprint density at radius 3 is 2.67 bits per heavy atom. The summed E-state index contributed by atoms with van der Waals surface area (Å²) in [6, 6.07) is 5.12. The lowest BCUT2D eigenvalue weighted by Crippen LogP contribution is -1.84. The molecule has 1 aromatic carbocycles. The van der Waals surface area contributed by atoms with Crippen LogP contribution in [0.1, 0.15) is 25.0 Å². The SMILES string of the molecule is CC=Cc1cc(F)cc(CC)c1. The maximum atomic E-state index is 12.9. The number of hydrogen-bond acceptors (Lipinski definition) is 0. The van der Waals surface area contributed by atoms with Crippen LogP contribution < -0.4 is 0 Å². The maximum Gasteiger partial charge on any atom is 0.124 e. The molecule has 0 nitrogen and oxygen atoms in total. The highest BCUT2D eigenvalue weighted by Crippen LogP contribution is 2.11. The molecule has 0 atom stereocenters. The normalized spacial score (nSPS) is 10.9. The fraction of sp³-hybridized carbons (Fsp3) is 0.273. The van der Waals surface area contributed by atoms with Gasteiger partial charge in [0.05, 0.1) is 0 Å². The molecule has 0 bridgehead atoms. The van der Waals surface area contributed by atoms with Gasteiger partial charge in [-0.3, -0.25) is 0 Å². The fourth-order valence-electron chi connectivity index (χ4n) is 1.17. The highest BCUT2D eigenvalue weighted by atomic mass is 19.1. The van der Waals surface area contributed by atoms with Crippen molar-refractivity contribution in [1.82, 2.24) is 0 Å². The monoisotopic (exact) mass is 164 g/mol. The van der Waals surface area contributed by atoms with E-state index in [1.165, 1.54) is 0 Å². The summed E-state index contributed by atoms with van der Waals surface area (Å²) in [5.41, 5.74) is 1.98. The minimum absolute atomic E-state index is 0.151. The van der Waals surface area contributed by atoms with Crippen LogP contribution >= 0.6 is 0 Å². The molecule has 12 heavy (non-hydrogen) atoms. The van der Waals surface area contributed by atoms with Crippen LogP contribution in [-0.4, -0.2) is 0 Å². The van der Waals surface area contributed by atoms with Gasteiger partial charge in [0.2, 0.25) is 0 Å². The molecule has 0 aliphatic heterocycles. The van der Waals surface area contributed by atoms with Crippen molar-refractivity contribution in [3.05, 3.63) is 41.2 Å². The molecular formula is C11H13F. The average Bonchev–Trinajstić information content (AvgIpc) is 2.04. The minimum Gasteiger partial charge on any atom is -0.207 e. The van der Waals surface area contributed by atoms with Gasteiger partial charge in [0.25, 0.3) is 0 Å². The third-order valence-electron chi connectivity index (χ3n) is 1.75. The lowest BCUT2D eigenvalue weighted by molar-refractivity contribution is 0.625. The van der Waals surface area contributed by atoms with Gasteiger partial charge in [0.1, 0.15) is 5.82 Å². The first kappa shape index (κ1) is 8.98. The molecule has 1 aromatic rings. The molecule has 1 heteroatoms. The predicted molar refractivity (Wildman–Crippen MR) is 50.5 cm³/mol. The van der Waals surface area contributed by atoms with E-state index in [9.17, 15) is 4.39 Å². The van der Waals surface area contributed by atoms with Crippen molar-refractivity contribution in [3.63, 3.8) is 0 Å². The second kappa shape index (κ2) is 4.05. The number of aryl methyl sites for hydroxylation is 1. The van der Waals surface area contributed by atoms with Crippen LogP contribution in [0.15, 0.2) is 24.3 Å². The first-order valence-corrected chi connectivity index (χ1v) is 4.18. The lowest BCUT2D eigenvalue weighted by Gasteiger charge is -1.99. The summed E-state index contributed by atoms with van der Waals surface area (Å²) < 4.78 is 12.9. The van der Waals surface area contributed by atoms with Crippen LogP contribution in [0.5, 0.6) is 0 Å². The number of rotatable bonds is 2. The Morgan fingerprint density at radius 2 is 2.08 bits per heavy atom. The third-order valence-corrected chi connectivity index (χ3v) is 1.75. The fourth-order valence-corrected chi connectivity index (χ4v) is 1.17. The Labute approximate surface area is 72.7 Å². The largest absolute Gasteiger partial charge is 0.207 e. The molecule has 0 saturated heterocycles. The number of halogens is 1. The Kier molecular flexibility index (Phi) is 3.03. The molecule has 0 aliphatic carbocycles. The highest BCUT2D eigenvalue weighted by Gasteiger charge is 1.95. The van der Waals surface area contributed by atoms with Gasteiger partial charge in [-0.2, -0.15) is 0 Å². The van der Waals surface area contributed by atoms with Gasteiger partial charge in [-0.05, 0) is 36.6 Å². The van der Waals surface area contributed by atoms with E-state index in [-0.39, 0.29) is 5.82 Å². The molecular weight excluding hydrogens is 151 g/mol. The maximum absolute atomic E-state index is 12.9. The molecule has 0 N–H and O–H groups in total. The molecule has 0 heterocycles. The van der Waals surface area contributed by atoms with E-state index >= 15 is 0 Å². The van der Waals surface area contributed by atoms with Crippen molar-refractivity contribution in [2.45, 2.75) is 20.3 Å². The minimum atomic E-state index is -0.151. The van der Waals surface area contributed by atoms with Crippen LogP contribution in [-0.2, 0) is 6.42 Å². The van der Waals surface area contributed by atoms with Gasteiger partial charge in [0.15, 0.2) is 0 Å². The summed E-state index contributed by atoms with van der Waals surface area (Å²) >= 11 is 0. The zero-order valence-electron chi connectivity index (χ0n) is 7.47. The van der Waals surface area contributed by atoms with Crippen LogP contribution in [0.4, 0.5) is 4.39 Å². The van der Waals surface area contributed by atoms with Gasteiger partial charge >= 0.3 is 0 Å². The van der Waals surface area contributed by atoms with E-state index < -0.39 is 0 Å². The molecule has 0 aliphatic rings. The molecule has 0 aromatic heterocycles. The van der Waals surface area contributed by atoms with Gasteiger partial charge < -0.3 is 0 Å². The molecule has 0 unspecified atom stereocenters. The van der Waals surface area contributed by atoms with Gasteiger partial charge in [-0.1, -0.05) is 25.1 Å². The average molecular weight is 164 g/mol. The second-order valence-electron chi connectivity index (χ2n) is 2.75. The number of benzene rings is 1. The second-order valence-corrected chi connectivity index (χ2v) is 2.75. The molecule has 0 amide bonds. The summed E-state index contributed by atoms with van der Waals surface area (Å²) in [7, 11) is 0. The van der Waals surface area contributed by atoms with Crippen molar-refractivity contribution >= 4 is 6.08 Å². The molecule has 0 fully saturated rings. The van der Waals surface area contributed by atoms with Crippen molar-refractivity contribution in [3.8, 4) is 0 Å².